The lowest BCUT2D eigenvalue weighted by molar-refractivity contribution is -0.162. The lowest BCUT2D eigenvalue weighted by atomic mass is 10.1. The van der Waals surface area contributed by atoms with Crippen molar-refractivity contribution in [1.82, 2.24) is 0 Å². The maximum absolute atomic E-state index is 12.8. The summed E-state index contributed by atoms with van der Waals surface area (Å²) < 4.78 is 17.3. The standard InChI is InChI=1S/C63H102O5/c1-4-7-10-13-16-19-22-25-28-30-32-33-36-38-41-44-47-50-53-56-62(64)67-60-61(68-63(65)57-54-51-48-45-42-39-35-27-24-21-18-15-12-9-6-3)59-66-58-55-52-49-46-43-40-37-34-31-29-26-23-20-17-14-11-8-5-2/h7,9-10,12,16,18-19,21,25-29,32-33,35,38,41-42,45,47,50,61H,4-6,8,11,13-15,17,20,22-24,30-31,34,36-37,39-40,43-44,46,48-49,51-60H2,1-3H3/b10-7-,12-9-,19-16-,21-18-,28-25-,29-26-,33-32-,35-27-,41-38-,45-42-,50-47-. The summed E-state index contributed by atoms with van der Waals surface area (Å²) >= 11 is 0. The molecule has 0 N–H and O–H groups in total. The Morgan fingerprint density at radius 2 is 0.691 bits per heavy atom. The molecule has 0 aromatic heterocycles. The highest BCUT2D eigenvalue weighted by Crippen LogP contribution is 2.13. The number of ether oxygens (including phenoxy) is 3. The smallest absolute Gasteiger partial charge is 0.306 e. The minimum atomic E-state index is -0.600. The Bertz CT molecular complexity index is 1430. The van der Waals surface area contributed by atoms with Gasteiger partial charge in [0.25, 0.3) is 0 Å². The molecule has 0 aromatic carbocycles. The van der Waals surface area contributed by atoms with Crippen LogP contribution in [0.2, 0.25) is 0 Å². The average Bonchev–Trinajstić information content (AvgIpc) is 3.34. The minimum Gasteiger partial charge on any atom is -0.462 e. The summed E-state index contributed by atoms with van der Waals surface area (Å²) in [6.07, 6.45) is 82.0. The monoisotopic (exact) mass is 939 g/mol. The van der Waals surface area contributed by atoms with Gasteiger partial charge in [0, 0.05) is 19.4 Å². The lowest BCUT2D eigenvalue weighted by Crippen LogP contribution is -2.30. The molecule has 68 heavy (non-hydrogen) atoms. The first-order chi connectivity index (χ1) is 33.6. The Morgan fingerprint density at radius 3 is 1.13 bits per heavy atom. The molecule has 0 amide bonds. The van der Waals surface area contributed by atoms with E-state index in [1.807, 2.05) is 6.08 Å². The van der Waals surface area contributed by atoms with Gasteiger partial charge in [-0.15, -0.1) is 0 Å². The summed E-state index contributed by atoms with van der Waals surface area (Å²) in [4.78, 5) is 25.4. The van der Waals surface area contributed by atoms with Crippen molar-refractivity contribution in [3.63, 3.8) is 0 Å². The summed E-state index contributed by atoms with van der Waals surface area (Å²) in [7, 11) is 0. The van der Waals surface area contributed by atoms with Gasteiger partial charge < -0.3 is 14.2 Å². The van der Waals surface area contributed by atoms with E-state index in [2.05, 4.69) is 148 Å². The Kier molecular flexibility index (Phi) is 54.0. The molecule has 0 aliphatic rings. The molecule has 0 heterocycles. The molecule has 1 atom stereocenters. The quantitative estimate of drug-likeness (QED) is 0.0345. The Morgan fingerprint density at radius 1 is 0.338 bits per heavy atom. The third-order valence-corrected chi connectivity index (χ3v) is 11.2. The van der Waals surface area contributed by atoms with E-state index < -0.39 is 6.10 Å². The van der Waals surface area contributed by atoms with Crippen molar-refractivity contribution in [1.29, 1.82) is 0 Å². The molecular weight excluding hydrogens is 837 g/mol. The number of unbranched alkanes of at least 4 members (excludes halogenated alkanes) is 16. The largest absolute Gasteiger partial charge is 0.462 e. The summed E-state index contributed by atoms with van der Waals surface area (Å²) in [5.74, 6) is -0.551. The maximum Gasteiger partial charge on any atom is 0.306 e. The average molecular weight is 940 g/mol. The SMILES string of the molecule is CC/C=C\C/C=C\C/C=C\C/C=C\C/C=C\C/C=C\CCC(=O)OCC(COCCCCCCCCCC/C=C\CCCCCCCC)OC(=O)CCCC/C=C\C/C=C\C/C=C\C/C=C\CC. The van der Waals surface area contributed by atoms with Crippen LogP contribution in [0.3, 0.4) is 0 Å². The van der Waals surface area contributed by atoms with Crippen LogP contribution in [0.15, 0.2) is 134 Å². The van der Waals surface area contributed by atoms with Crippen molar-refractivity contribution in [3.05, 3.63) is 134 Å². The lowest BCUT2D eigenvalue weighted by Gasteiger charge is -2.18. The van der Waals surface area contributed by atoms with Gasteiger partial charge in [-0.2, -0.15) is 0 Å². The molecular formula is C63H102O5. The van der Waals surface area contributed by atoms with Crippen molar-refractivity contribution in [2.75, 3.05) is 19.8 Å². The van der Waals surface area contributed by atoms with Gasteiger partial charge in [0.15, 0.2) is 6.10 Å². The Hall–Kier alpha value is -3.96. The van der Waals surface area contributed by atoms with E-state index >= 15 is 0 Å². The van der Waals surface area contributed by atoms with E-state index in [1.54, 1.807) is 0 Å². The van der Waals surface area contributed by atoms with E-state index in [9.17, 15) is 9.59 Å². The fourth-order valence-electron chi connectivity index (χ4n) is 7.11. The van der Waals surface area contributed by atoms with Gasteiger partial charge in [0.05, 0.1) is 6.61 Å². The molecule has 0 aromatic rings. The maximum atomic E-state index is 12.8. The van der Waals surface area contributed by atoms with E-state index in [0.29, 0.717) is 19.4 Å². The molecule has 1 unspecified atom stereocenters. The van der Waals surface area contributed by atoms with Crippen LogP contribution in [-0.2, 0) is 23.8 Å². The minimum absolute atomic E-state index is 0.0190. The van der Waals surface area contributed by atoms with E-state index in [-0.39, 0.29) is 31.6 Å². The molecule has 0 radical (unpaired) electrons. The molecule has 0 spiro atoms. The van der Waals surface area contributed by atoms with Gasteiger partial charge in [-0.1, -0.05) is 225 Å². The number of allylic oxidation sites excluding steroid dienone is 22. The van der Waals surface area contributed by atoms with Gasteiger partial charge in [0.2, 0.25) is 0 Å². The number of carbonyl (C=O) groups is 2. The Labute approximate surface area is 419 Å². The Balaban J connectivity index is 4.47. The number of carbonyl (C=O) groups excluding carboxylic acids is 2. The highest BCUT2D eigenvalue weighted by atomic mass is 16.6. The number of hydrogen-bond donors (Lipinski definition) is 0. The molecule has 0 bridgehead atoms. The number of rotatable bonds is 49. The van der Waals surface area contributed by atoms with Crippen LogP contribution in [0, 0.1) is 0 Å². The molecule has 0 rings (SSSR count). The van der Waals surface area contributed by atoms with E-state index in [1.165, 1.54) is 89.9 Å². The van der Waals surface area contributed by atoms with Gasteiger partial charge in [-0.3, -0.25) is 9.59 Å². The van der Waals surface area contributed by atoms with Crippen LogP contribution in [0.4, 0.5) is 0 Å². The molecule has 0 saturated carbocycles. The van der Waals surface area contributed by atoms with Crippen LogP contribution in [0.5, 0.6) is 0 Å². The van der Waals surface area contributed by atoms with Crippen LogP contribution >= 0.6 is 0 Å². The normalized spacial score (nSPS) is 13.3. The third kappa shape index (κ3) is 54.6. The first kappa shape index (κ1) is 64.0. The number of esters is 2. The molecule has 384 valence electrons. The zero-order chi connectivity index (χ0) is 49.2. The molecule has 5 nitrogen and oxygen atoms in total. The first-order valence-electron chi connectivity index (χ1n) is 27.7. The third-order valence-electron chi connectivity index (χ3n) is 11.2. The van der Waals surface area contributed by atoms with Gasteiger partial charge in [-0.05, 0) is 122 Å². The second-order valence-electron chi connectivity index (χ2n) is 17.7. The van der Waals surface area contributed by atoms with Gasteiger partial charge in [-0.25, -0.2) is 0 Å². The summed E-state index contributed by atoms with van der Waals surface area (Å²) in [5.41, 5.74) is 0. The number of hydrogen-bond acceptors (Lipinski definition) is 5. The second kappa shape index (κ2) is 57.4. The van der Waals surface area contributed by atoms with Gasteiger partial charge >= 0.3 is 11.9 Å². The van der Waals surface area contributed by atoms with Crippen molar-refractivity contribution >= 4 is 11.9 Å². The predicted octanol–water partition coefficient (Wildman–Crippen LogP) is 19.1. The van der Waals surface area contributed by atoms with E-state index in [0.717, 1.165) is 96.3 Å². The van der Waals surface area contributed by atoms with Crippen molar-refractivity contribution in [2.24, 2.45) is 0 Å². The summed E-state index contributed by atoms with van der Waals surface area (Å²) in [6, 6.07) is 0. The van der Waals surface area contributed by atoms with Crippen LogP contribution in [0.1, 0.15) is 226 Å². The van der Waals surface area contributed by atoms with Crippen molar-refractivity contribution < 1.29 is 23.8 Å². The van der Waals surface area contributed by atoms with Gasteiger partial charge in [0.1, 0.15) is 6.61 Å². The van der Waals surface area contributed by atoms with Crippen LogP contribution < -0.4 is 0 Å². The summed E-state index contributed by atoms with van der Waals surface area (Å²) in [6.45, 7) is 7.45. The van der Waals surface area contributed by atoms with Crippen molar-refractivity contribution in [3.8, 4) is 0 Å². The zero-order valence-electron chi connectivity index (χ0n) is 44.1. The second-order valence-corrected chi connectivity index (χ2v) is 17.7. The topological polar surface area (TPSA) is 61.8 Å². The highest BCUT2D eigenvalue weighted by Gasteiger charge is 2.17. The summed E-state index contributed by atoms with van der Waals surface area (Å²) in [5, 5.41) is 0. The highest BCUT2D eigenvalue weighted by molar-refractivity contribution is 5.70. The molecule has 5 heteroatoms. The molecule has 0 aliphatic carbocycles. The van der Waals surface area contributed by atoms with Crippen molar-refractivity contribution in [2.45, 2.75) is 232 Å². The first-order valence-corrected chi connectivity index (χ1v) is 27.7. The zero-order valence-corrected chi connectivity index (χ0v) is 44.1. The molecule has 0 fully saturated rings. The fourth-order valence-corrected chi connectivity index (χ4v) is 7.11. The van der Waals surface area contributed by atoms with E-state index in [4.69, 9.17) is 14.2 Å². The van der Waals surface area contributed by atoms with Crippen LogP contribution in [0.25, 0.3) is 0 Å². The fraction of sp³-hybridized carbons (Fsp3) is 0.619. The molecule has 0 saturated heterocycles. The van der Waals surface area contributed by atoms with Crippen LogP contribution in [-0.4, -0.2) is 37.9 Å². The molecule has 0 aliphatic heterocycles. The predicted molar refractivity (Wildman–Crippen MR) is 297 cm³/mol.